The van der Waals surface area contributed by atoms with Crippen molar-refractivity contribution in [2.75, 3.05) is 0 Å². The molecule has 0 unspecified atom stereocenters. The molecule has 0 aliphatic rings. The maximum absolute atomic E-state index is 7.37. The zero-order valence-electron chi connectivity index (χ0n) is 9.77. The molecule has 2 aromatic rings. The topological polar surface area (TPSA) is 0 Å². The lowest BCUT2D eigenvalue weighted by atomic mass is 10.1. The minimum absolute atomic E-state index is 0.524. The van der Waals surface area contributed by atoms with Crippen molar-refractivity contribution >= 4 is 12.2 Å². The lowest BCUT2D eigenvalue weighted by Gasteiger charge is -1.92. The van der Waals surface area contributed by atoms with E-state index in [0.29, 0.717) is 12.1 Å². The minimum atomic E-state index is 0.524. The summed E-state index contributed by atoms with van der Waals surface area (Å²) in [7, 11) is 0. The third kappa shape index (κ3) is 2.33. The Morgan fingerprint density at radius 1 is 0.714 bits per heavy atom. The normalized spacial score (nSPS) is 12.6. The van der Waals surface area contributed by atoms with Gasteiger partial charge in [0.2, 0.25) is 0 Å². The van der Waals surface area contributed by atoms with Crippen LogP contribution in [0, 0.1) is 0 Å². The van der Waals surface area contributed by atoms with Crippen LogP contribution in [0.25, 0.3) is 12.2 Å². The third-order valence-electron chi connectivity index (χ3n) is 1.96. The minimum Gasteiger partial charge on any atom is -0.0622 e. The Morgan fingerprint density at radius 2 is 1.07 bits per heavy atom. The fourth-order valence-electron chi connectivity index (χ4n) is 1.21. The average Bonchev–Trinajstić information content (AvgIpc) is 2.30. The van der Waals surface area contributed by atoms with Gasteiger partial charge < -0.3 is 0 Å². The van der Waals surface area contributed by atoms with Gasteiger partial charge in [0.05, 0.1) is 2.74 Å². The highest BCUT2D eigenvalue weighted by atomic mass is 13.9. The summed E-state index contributed by atoms with van der Waals surface area (Å²) in [5, 5.41) is 0. The predicted octanol–water partition coefficient (Wildman–Crippen LogP) is 3.86. The number of hydrogen-bond acceptors (Lipinski definition) is 0. The first-order valence-corrected chi connectivity index (χ1v) is 4.55. The highest BCUT2D eigenvalue weighted by Crippen LogP contribution is 2.06. The first-order chi connectivity index (χ1) is 7.74. The average molecular weight is 182 g/mol. The third-order valence-corrected chi connectivity index (χ3v) is 1.96. The first kappa shape index (κ1) is 6.61. The van der Waals surface area contributed by atoms with Gasteiger partial charge in [-0.15, -0.1) is 0 Å². The van der Waals surface area contributed by atoms with E-state index in [2.05, 4.69) is 0 Å². The molecule has 0 atom stereocenters. The fourth-order valence-corrected chi connectivity index (χ4v) is 1.21. The van der Waals surface area contributed by atoms with Crippen molar-refractivity contribution < 1.29 is 2.74 Å². The molecule has 0 amide bonds. The van der Waals surface area contributed by atoms with Crippen LogP contribution in [-0.2, 0) is 0 Å². The summed E-state index contributed by atoms with van der Waals surface area (Å²) in [6.07, 6.45) is 4.00. The van der Waals surface area contributed by atoms with E-state index in [4.69, 9.17) is 2.74 Å². The molecule has 0 fully saturated rings. The Hall–Kier alpha value is -1.82. The summed E-state index contributed by atoms with van der Waals surface area (Å²) < 4.78 is 14.7. The monoisotopic (exact) mass is 182 g/mol. The van der Waals surface area contributed by atoms with E-state index in [-0.39, 0.29) is 0 Å². The summed E-state index contributed by atoms with van der Waals surface area (Å²) in [5.41, 5.74) is 2.15. The fraction of sp³-hybridized carbons (Fsp3) is 0. The van der Waals surface area contributed by atoms with Gasteiger partial charge in [0.25, 0.3) is 0 Å². The molecule has 0 saturated carbocycles. The van der Waals surface area contributed by atoms with Gasteiger partial charge in [0.1, 0.15) is 0 Å². The second-order valence-corrected chi connectivity index (χ2v) is 3.00. The Bertz CT molecular complexity index is 434. The molecule has 2 aromatic carbocycles. The van der Waals surface area contributed by atoms with Crippen molar-refractivity contribution in [3.63, 3.8) is 0 Å². The number of benzene rings is 2. The van der Waals surface area contributed by atoms with E-state index in [9.17, 15) is 0 Å². The Labute approximate surface area is 87.3 Å². The van der Waals surface area contributed by atoms with E-state index in [1.165, 1.54) is 0 Å². The molecule has 0 heterocycles. The highest BCUT2D eigenvalue weighted by molar-refractivity contribution is 5.69. The van der Waals surface area contributed by atoms with E-state index in [1.807, 2.05) is 36.4 Å². The summed E-state index contributed by atoms with van der Waals surface area (Å²) in [6, 6.07) is 15.8. The summed E-state index contributed by atoms with van der Waals surface area (Å²) >= 11 is 0. The van der Waals surface area contributed by atoms with Crippen LogP contribution < -0.4 is 0 Å². The Balaban J connectivity index is 2.15. The van der Waals surface area contributed by atoms with E-state index >= 15 is 0 Å². The smallest absolute Gasteiger partial charge is 0.0622 e. The van der Waals surface area contributed by atoms with Crippen molar-refractivity contribution in [1.29, 1.82) is 0 Å². The summed E-state index contributed by atoms with van der Waals surface area (Å²) in [4.78, 5) is 0. The van der Waals surface area contributed by atoms with Gasteiger partial charge in [-0.05, 0) is 11.1 Å². The van der Waals surface area contributed by atoms with Crippen molar-refractivity contribution in [1.82, 2.24) is 0 Å². The zero-order valence-corrected chi connectivity index (χ0v) is 7.77. The van der Waals surface area contributed by atoms with Gasteiger partial charge in [0, 0.05) is 0 Å². The van der Waals surface area contributed by atoms with Crippen molar-refractivity contribution in [2.24, 2.45) is 0 Å². The van der Waals surface area contributed by atoms with E-state index in [0.717, 1.165) is 11.1 Å². The molecular weight excluding hydrogens is 168 g/mol. The first-order valence-electron chi connectivity index (χ1n) is 5.55. The van der Waals surface area contributed by atoms with Gasteiger partial charge in [-0.25, -0.2) is 0 Å². The van der Waals surface area contributed by atoms with Crippen molar-refractivity contribution in [3.8, 4) is 0 Å². The SMILES string of the molecule is [2H]c1ccc(C=Cc2ccc([2H])cc2)cc1. The molecule has 0 heteroatoms. The van der Waals surface area contributed by atoms with Gasteiger partial charge in [-0.3, -0.25) is 0 Å². The molecule has 0 aliphatic carbocycles. The van der Waals surface area contributed by atoms with Crippen molar-refractivity contribution in [3.05, 3.63) is 71.7 Å². The maximum atomic E-state index is 7.37. The standard InChI is InChI=1S/C14H12/c1-3-7-13(8-4-1)11-12-14-9-5-2-6-10-14/h1-12H/i1D,2D. The van der Waals surface area contributed by atoms with Crippen LogP contribution in [-0.4, -0.2) is 0 Å². The van der Waals surface area contributed by atoms with Crippen LogP contribution in [0.5, 0.6) is 0 Å². The molecule has 0 radical (unpaired) electrons. The molecule has 0 bridgehead atoms. The van der Waals surface area contributed by atoms with Crippen LogP contribution in [0.1, 0.15) is 13.9 Å². The molecular formula is C14H12. The molecule has 0 N–H and O–H groups in total. The molecule has 0 aliphatic heterocycles. The lowest BCUT2D eigenvalue weighted by Crippen LogP contribution is -1.70. The second-order valence-electron chi connectivity index (χ2n) is 3.00. The molecule has 0 aromatic heterocycles. The molecule has 68 valence electrons. The second kappa shape index (κ2) is 4.43. The lowest BCUT2D eigenvalue weighted by molar-refractivity contribution is 1.65. The number of rotatable bonds is 2. The summed E-state index contributed by atoms with van der Waals surface area (Å²) in [5.74, 6) is 0. The highest BCUT2D eigenvalue weighted by Gasteiger charge is 1.84. The quantitative estimate of drug-likeness (QED) is 0.619. The summed E-state index contributed by atoms with van der Waals surface area (Å²) in [6.45, 7) is 0. The molecule has 14 heavy (non-hydrogen) atoms. The van der Waals surface area contributed by atoms with Gasteiger partial charge in [-0.2, -0.15) is 0 Å². The zero-order chi connectivity index (χ0) is 11.4. The Kier molecular flexibility index (Phi) is 2.09. The van der Waals surface area contributed by atoms with Gasteiger partial charge >= 0.3 is 0 Å². The van der Waals surface area contributed by atoms with Crippen LogP contribution >= 0.6 is 0 Å². The van der Waals surface area contributed by atoms with E-state index in [1.54, 1.807) is 24.3 Å². The molecule has 2 rings (SSSR count). The van der Waals surface area contributed by atoms with Crippen LogP contribution in [0.15, 0.2) is 60.6 Å². The maximum Gasteiger partial charge on any atom is 0.0623 e. The number of hydrogen-bond donors (Lipinski definition) is 0. The van der Waals surface area contributed by atoms with Gasteiger partial charge in [-0.1, -0.05) is 72.8 Å². The van der Waals surface area contributed by atoms with Crippen LogP contribution in [0.4, 0.5) is 0 Å². The van der Waals surface area contributed by atoms with Crippen LogP contribution in [0.3, 0.4) is 0 Å². The van der Waals surface area contributed by atoms with Crippen LogP contribution in [0.2, 0.25) is 0 Å². The predicted molar refractivity (Wildman–Crippen MR) is 61.8 cm³/mol. The van der Waals surface area contributed by atoms with E-state index < -0.39 is 0 Å². The van der Waals surface area contributed by atoms with Gasteiger partial charge in [0.15, 0.2) is 0 Å². The Morgan fingerprint density at radius 3 is 1.43 bits per heavy atom. The molecule has 0 spiro atoms. The van der Waals surface area contributed by atoms with Crippen molar-refractivity contribution in [2.45, 2.75) is 0 Å². The molecule has 0 saturated heterocycles. The molecule has 0 nitrogen and oxygen atoms in total. The largest absolute Gasteiger partial charge is 0.0623 e.